The molecule has 0 saturated heterocycles. The molecular formula is C11H5ClF3N3O4. The molecule has 0 bridgehead atoms. The van der Waals surface area contributed by atoms with Gasteiger partial charge in [-0.05, 0) is 18.2 Å². The standard InChI is InChI=1S/C11H5ClF3N3O4/c12-6-3-5(11(13,14)15)1-2-7(6)17-10(20)9(19)8(4-16-17)18(21)22/h1-4,19H. The van der Waals surface area contributed by atoms with Crippen LogP contribution in [0.3, 0.4) is 0 Å². The molecule has 0 saturated carbocycles. The second-order valence-corrected chi connectivity index (χ2v) is 4.42. The molecule has 0 spiro atoms. The fourth-order valence-corrected chi connectivity index (χ4v) is 1.86. The molecule has 0 aliphatic carbocycles. The lowest BCUT2D eigenvalue weighted by molar-refractivity contribution is -0.386. The van der Waals surface area contributed by atoms with Crippen molar-refractivity contribution in [2.45, 2.75) is 6.18 Å². The van der Waals surface area contributed by atoms with Crippen molar-refractivity contribution >= 4 is 17.3 Å². The van der Waals surface area contributed by atoms with Crippen molar-refractivity contribution in [2.75, 3.05) is 0 Å². The van der Waals surface area contributed by atoms with E-state index in [0.29, 0.717) is 23.0 Å². The highest BCUT2D eigenvalue weighted by Crippen LogP contribution is 2.33. The maximum Gasteiger partial charge on any atom is 0.416 e. The van der Waals surface area contributed by atoms with Crippen molar-refractivity contribution in [1.29, 1.82) is 0 Å². The second-order valence-electron chi connectivity index (χ2n) is 4.02. The molecule has 2 rings (SSSR count). The zero-order chi connectivity index (χ0) is 16.7. The van der Waals surface area contributed by atoms with E-state index in [1.807, 2.05) is 0 Å². The van der Waals surface area contributed by atoms with Gasteiger partial charge in [0.2, 0.25) is 0 Å². The summed E-state index contributed by atoms with van der Waals surface area (Å²) < 4.78 is 38.1. The lowest BCUT2D eigenvalue weighted by Crippen LogP contribution is -2.22. The third kappa shape index (κ3) is 2.72. The van der Waals surface area contributed by atoms with Crippen molar-refractivity contribution in [3.05, 3.63) is 55.5 Å². The van der Waals surface area contributed by atoms with E-state index in [2.05, 4.69) is 5.10 Å². The first kappa shape index (κ1) is 15.8. The summed E-state index contributed by atoms with van der Waals surface area (Å²) in [6.45, 7) is 0. The van der Waals surface area contributed by atoms with Gasteiger partial charge < -0.3 is 5.11 Å². The average molecular weight is 336 g/mol. The van der Waals surface area contributed by atoms with E-state index in [1.54, 1.807) is 0 Å². The monoisotopic (exact) mass is 335 g/mol. The molecule has 7 nitrogen and oxygen atoms in total. The predicted molar refractivity (Wildman–Crippen MR) is 68.2 cm³/mol. The predicted octanol–water partition coefficient (Wildman–Crippen LogP) is 2.52. The Morgan fingerprint density at radius 3 is 2.50 bits per heavy atom. The van der Waals surface area contributed by atoms with E-state index in [4.69, 9.17) is 11.6 Å². The molecule has 0 radical (unpaired) electrons. The van der Waals surface area contributed by atoms with Crippen LogP contribution in [0.5, 0.6) is 5.75 Å². The van der Waals surface area contributed by atoms with E-state index in [0.717, 1.165) is 6.07 Å². The fraction of sp³-hybridized carbons (Fsp3) is 0.0909. The van der Waals surface area contributed by atoms with Crippen LogP contribution in [0.25, 0.3) is 5.69 Å². The normalized spacial score (nSPS) is 11.5. The third-order valence-electron chi connectivity index (χ3n) is 2.63. The molecule has 0 fully saturated rings. The number of benzene rings is 1. The lowest BCUT2D eigenvalue weighted by atomic mass is 10.2. The first-order valence-electron chi connectivity index (χ1n) is 5.45. The van der Waals surface area contributed by atoms with Gasteiger partial charge in [-0.1, -0.05) is 11.6 Å². The summed E-state index contributed by atoms with van der Waals surface area (Å²) >= 11 is 5.68. The van der Waals surface area contributed by atoms with Gasteiger partial charge in [0, 0.05) is 0 Å². The summed E-state index contributed by atoms with van der Waals surface area (Å²) in [5.74, 6) is -1.20. The SMILES string of the molecule is O=c1c(O)c([N+](=O)[O-])cnn1-c1ccc(C(F)(F)F)cc1Cl. The van der Waals surface area contributed by atoms with E-state index in [9.17, 15) is 33.2 Å². The molecule has 22 heavy (non-hydrogen) atoms. The molecule has 1 aromatic carbocycles. The van der Waals surface area contributed by atoms with Crippen molar-refractivity contribution in [1.82, 2.24) is 9.78 Å². The third-order valence-corrected chi connectivity index (χ3v) is 2.94. The number of aromatic nitrogens is 2. The number of alkyl halides is 3. The van der Waals surface area contributed by atoms with Crippen LogP contribution in [0, 0.1) is 10.1 Å². The number of nitro groups is 1. The summed E-state index contributed by atoms with van der Waals surface area (Å²) in [4.78, 5) is 21.3. The molecular weight excluding hydrogens is 331 g/mol. The van der Waals surface area contributed by atoms with Gasteiger partial charge in [0.15, 0.2) is 0 Å². The molecule has 0 aliphatic heterocycles. The summed E-state index contributed by atoms with van der Waals surface area (Å²) in [5.41, 5.74) is -3.51. The molecule has 0 unspecified atom stereocenters. The number of rotatable bonds is 2. The summed E-state index contributed by atoms with van der Waals surface area (Å²) in [7, 11) is 0. The molecule has 0 amide bonds. The highest BCUT2D eigenvalue weighted by molar-refractivity contribution is 6.32. The van der Waals surface area contributed by atoms with Crippen LogP contribution >= 0.6 is 11.6 Å². The van der Waals surface area contributed by atoms with Gasteiger partial charge >= 0.3 is 17.4 Å². The van der Waals surface area contributed by atoms with Crippen LogP contribution in [0.4, 0.5) is 18.9 Å². The molecule has 1 aromatic heterocycles. The van der Waals surface area contributed by atoms with Crippen LogP contribution < -0.4 is 5.56 Å². The number of halogens is 4. The Morgan fingerprint density at radius 2 is 2.00 bits per heavy atom. The van der Waals surface area contributed by atoms with Crippen LogP contribution in [-0.2, 0) is 6.18 Å². The minimum Gasteiger partial charge on any atom is -0.498 e. The molecule has 2 aromatic rings. The molecule has 11 heteroatoms. The Hall–Kier alpha value is -2.62. The summed E-state index contributed by atoms with van der Waals surface area (Å²) in [5, 5.41) is 23.0. The number of hydrogen-bond acceptors (Lipinski definition) is 5. The highest BCUT2D eigenvalue weighted by atomic mass is 35.5. The van der Waals surface area contributed by atoms with Gasteiger partial charge in [-0.2, -0.15) is 23.0 Å². The minimum absolute atomic E-state index is 0.259. The van der Waals surface area contributed by atoms with Crippen LogP contribution in [0.2, 0.25) is 5.02 Å². The van der Waals surface area contributed by atoms with Gasteiger partial charge in [-0.15, -0.1) is 0 Å². The van der Waals surface area contributed by atoms with Gasteiger partial charge in [0.1, 0.15) is 6.20 Å². The fourth-order valence-electron chi connectivity index (χ4n) is 1.60. The summed E-state index contributed by atoms with van der Waals surface area (Å²) in [6.07, 6.45) is -4.04. The van der Waals surface area contributed by atoms with E-state index >= 15 is 0 Å². The molecule has 1 heterocycles. The van der Waals surface area contributed by atoms with Crippen LogP contribution in [0.1, 0.15) is 5.56 Å². The maximum absolute atomic E-state index is 12.5. The molecule has 0 aliphatic rings. The maximum atomic E-state index is 12.5. The minimum atomic E-state index is -4.63. The van der Waals surface area contributed by atoms with E-state index < -0.39 is 38.7 Å². The Balaban J connectivity index is 2.61. The second kappa shape index (κ2) is 5.30. The van der Waals surface area contributed by atoms with Crippen molar-refractivity contribution in [3.8, 4) is 11.4 Å². The van der Waals surface area contributed by atoms with E-state index in [1.165, 1.54) is 0 Å². The van der Waals surface area contributed by atoms with Crippen molar-refractivity contribution < 1.29 is 23.2 Å². The van der Waals surface area contributed by atoms with E-state index in [-0.39, 0.29) is 5.69 Å². The van der Waals surface area contributed by atoms with Crippen molar-refractivity contribution in [3.63, 3.8) is 0 Å². The Kier molecular flexibility index (Phi) is 3.79. The number of hydrogen-bond donors (Lipinski definition) is 1. The van der Waals surface area contributed by atoms with Gasteiger partial charge in [-0.25, -0.2) is 0 Å². The lowest BCUT2D eigenvalue weighted by Gasteiger charge is -2.10. The Bertz CT molecular complexity index is 819. The zero-order valence-electron chi connectivity index (χ0n) is 10.3. The number of aromatic hydroxyl groups is 1. The zero-order valence-corrected chi connectivity index (χ0v) is 11.1. The largest absolute Gasteiger partial charge is 0.498 e. The van der Waals surface area contributed by atoms with Gasteiger partial charge in [0.05, 0.1) is 21.2 Å². The highest BCUT2D eigenvalue weighted by Gasteiger charge is 2.31. The smallest absolute Gasteiger partial charge is 0.416 e. The number of nitrogens with zero attached hydrogens (tertiary/aromatic N) is 3. The van der Waals surface area contributed by atoms with Gasteiger partial charge in [0.25, 0.3) is 5.75 Å². The Morgan fingerprint density at radius 1 is 1.36 bits per heavy atom. The van der Waals surface area contributed by atoms with Crippen LogP contribution in [-0.4, -0.2) is 19.8 Å². The summed E-state index contributed by atoms with van der Waals surface area (Å²) in [6, 6.07) is 2.10. The van der Waals surface area contributed by atoms with Crippen LogP contribution in [0.15, 0.2) is 29.2 Å². The molecule has 0 atom stereocenters. The van der Waals surface area contributed by atoms with Crippen molar-refractivity contribution in [2.24, 2.45) is 0 Å². The first-order chi connectivity index (χ1) is 10.1. The average Bonchev–Trinajstić information content (AvgIpc) is 2.40. The first-order valence-corrected chi connectivity index (χ1v) is 5.83. The molecule has 116 valence electrons. The molecule has 1 N–H and O–H groups in total. The quantitative estimate of drug-likeness (QED) is 0.671. The van der Waals surface area contributed by atoms with Gasteiger partial charge in [-0.3, -0.25) is 14.9 Å². The topological polar surface area (TPSA) is 98.3 Å². The Labute approximate surface area is 124 Å².